The molecule has 0 aromatic rings. The topological polar surface area (TPSA) is 34.1 Å². The molecule has 0 spiro atoms. The highest BCUT2D eigenvalue weighted by Crippen LogP contribution is 2.22. The molecule has 0 fully saturated rings. The van der Waals surface area contributed by atoms with E-state index in [9.17, 15) is 9.59 Å². The number of hydrogen-bond donors (Lipinski definition) is 0. The third-order valence-electron chi connectivity index (χ3n) is 1.56. The smallest absolute Gasteiger partial charge is 0.186 e. The molecule has 0 unspecified atom stereocenters. The fourth-order valence-electron chi connectivity index (χ4n) is 0.779. The van der Waals surface area contributed by atoms with Gasteiger partial charge in [-0.2, -0.15) is 0 Å². The van der Waals surface area contributed by atoms with Crippen LogP contribution in [0.2, 0.25) is 0 Å². The average Bonchev–Trinajstić information content (AvgIpc) is 2.08. The molecule has 12 heavy (non-hydrogen) atoms. The first-order valence-electron chi connectivity index (χ1n) is 3.06. The summed E-state index contributed by atoms with van der Waals surface area (Å²) in [4.78, 5) is 22.0. The molecule has 0 aromatic heterocycles. The summed E-state index contributed by atoms with van der Waals surface area (Å²) in [5.41, 5.74) is -1.36. The standard InChI is InChI=1S/C10H4O2/c1-5-6(2)10(12)8(4)7(3)9(5)11/h1-4H. The van der Waals surface area contributed by atoms with Gasteiger partial charge in [-0.1, -0.05) is 0 Å². The van der Waals surface area contributed by atoms with Crippen molar-refractivity contribution in [2.75, 3.05) is 0 Å². The van der Waals surface area contributed by atoms with E-state index in [1.165, 1.54) is 0 Å². The van der Waals surface area contributed by atoms with Gasteiger partial charge in [-0.25, -0.2) is 0 Å². The van der Waals surface area contributed by atoms with Crippen LogP contribution in [-0.2, 0) is 9.59 Å². The molecule has 1 rings (SSSR count). The van der Waals surface area contributed by atoms with E-state index in [0.29, 0.717) is 0 Å². The van der Waals surface area contributed by atoms with Crippen molar-refractivity contribution < 1.29 is 9.59 Å². The van der Waals surface area contributed by atoms with Crippen molar-refractivity contribution >= 4 is 11.6 Å². The predicted molar refractivity (Wildman–Crippen MR) is 41.3 cm³/mol. The van der Waals surface area contributed by atoms with Crippen LogP contribution >= 0.6 is 0 Å². The zero-order chi connectivity index (χ0) is 9.46. The maximum absolute atomic E-state index is 11.0. The fourth-order valence-corrected chi connectivity index (χ4v) is 0.779. The minimum atomic E-state index is -0.690. The van der Waals surface area contributed by atoms with Gasteiger partial charge in [-0.05, 0) is 0 Å². The maximum atomic E-state index is 11.0. The van der Waals surface area contributed by atoms with Crippen molar-refractivity contribution in [2.24, 2.45) is 0 Å². The summed E-state index contributed by atoms with van der Waals surface area (Å²) in [6, 6.07) is 0. The second kappa shape index (κ2) is 2.70. The van der Waals surface area contributed by atoms with Crippen molar-refractivity contribution in [1.82, 2.24) is 0 Å². The van der Waals surface area contributed by atoms with Crippen LogP contribution in [0.15, 0.2) is 22.3 Å². The molecule has 2 nitrogen and oxygen atoms in total. The Morgan fingerprint density at radius 1 is 0.583 bits per heavy atom. The Hall–Kier alpha value is -1.18. The second-order valence-electron chi connectivity index (χ2n) is 2.31. The molecule has 0 atom stereocenters. The molecule has 0 amide bonds. The predicted octanol–water partition coefficient (Wildman–Crippen LogP) is 0.576. The fraction of sp³-hybridized carbons (Fsp3) is 0. The lowest BCUT2D eigenvalue weighted by Crippen LogP contribution is -2.19. The Morgan fingerprint density at radius 3 is 0.917 bits per heavy atom. The third-order valence-corrected chi connectivity index (χ3v) is 1.56. The van der Waals surface area contributed by atoms with E-state index in [1.807, 2.05) is 0 Å². The zero-order valence-electron chi connectivity index (χ0n) is 6.13. The monoisotopic (exact) mass is 156 g/mol. The number of allylic oxidation sites excluding steroid dienone is 4. The zero-order valence-corrected chi connectivity index (χ0v) is 6.13. The molecule has 0 N–H and O–H groups in total. The normalized spacial score (nSPS) is 19.3. The number of hydrogen-bond acceptors (Lipinski definition) is 2. The van der Waals surface area contributed by atoms with E-state index in [4.69, 9.17) is 27.7 Å². The molecule has 8 radical (unpaired) electrons. The van der Waals surface area contributed by atoms with Crippen molar-refractivity contribution in [1.29, 1.82) is 0 Å². The highest BCUT2D eigenvalue weighted by molar-refractivity contribution is 6.26. The first-order chi connectivity index (χ1) is 5.46. The van der Waals surface area contributed by atoms with E-state index in [-0.39, 0.29) is 22.3 Å². The molecule has 0 aliphatic heterocycles. The minimum Gasteiger partial charge on any atom is -0.289 e. The van der Waals surface area contributed by atoms with Crippen LogP contribution in [-0.4, -0.2) is 11.6 Å². The number of Topliss-reactive ketones (excluding diaryl/α,β-unsaturated/α-hetero) is 2. The van der Waals surface area contributed by atoms with Gasteiger partial charge >= 0.3 is 0 Å². The molecule has 0 bridgehead atoms. The van der Waals surface area contributed by atoms with E-state index in [2.05, 4.69) is 0 Å². The molecule has 0 saturated carbocycles. The van der Waals surface area contributed by atoms with Gasteiger partial charge in [-0.3, -0.25) is 9.59 Å². The van der Waals surface area contributed by atoms with Crippen molar-refractivity contribution in [3.63, 3.8) is 0 Å². The van der Waals surface area contributed by atoms with E-state index in [0.717, 1.165) is 0 Å². The van der Waals surface area contributed by atoms with E-state index < -0.39 is 11.6 Å². The number of carbonyl (C=O) groups excluding carboxylic acids is 2. The van der Waals surface area contributed by atoms with Crippen LogP contribution in [0.4, 0.5) is 0 Å². The Morgan fingerprint density at radius 2 is 0.750 bits per heavy atom. The van der Waals surface area contributed by atoms with Crippen molar-refractivity contribution in [2.45, 2.75) is 0 Å². The van der Waals surface area contributed by atoms with Gasteiger partial charge in [0.05, 0.1) is 0 Å². The quantitative estimate of drug-likeness (QED) is 0.480. The molecule has 56 valence electrons. The van der Waals surface area contributed by atoms with Crippen molar-refractivity contribution in [3.8, 4) is 0 Å². The number of carbonyl (C=O) groups is 2. The minimum absolute atomic E-state index is 0.341. The lowest BCUT2D eigenvalue weighted by Gasteiger charge is -2.14. The van der Waals surface area contributed by atoms with Gasteiger partial charge in [-0.15, -0.1) is 0 Å². The Kier molecular flexibility index (Phi) is 2.01. The van der Waals surface area contributed by atoms with Crippen molar-refractivity contribution in [3.05, 3.63) is 50.0 Å². The summed E-state index contributed by atoms with van der Waals surface area (Å²) in [5.74, 6) is -1.38. The van der Waals surface area contributed by atoms with Gasteiger partial charge in [0.25, 0.3) is 0 Å². The molecule has 2 heteroatoms. The summed E-state index contributed by atoms with van der Waals surface area (Å²) in [7, 11) is 0. The van der Waals surface area contributed by atoms with Crippen LogP contribution in [0.25, 0.3) is 0 Å². The van der Waals surface area contributed by atoms with Crippen LogP contribution in [0.5, 0.6) is 0 Å². The second-order valence-corrected chi connectivity index (χ2v) is 2.31. The lowest BCUT2D eigenvalue weighted by molar-refractivity contribution is -0.115. The summed E-state index contributed by atoms with van der Waals surface area (Å²) in [5, 5.41) is 0. The summed E-state index contributed by atoms with van der Waals surface area (Å²) >= 11 is 0. The largest absolute Gasteiger partial charge is 0.289 e. The van der Waals surface area contributed by atoms with Crippen LogP contribution in [0, 0.1) is 27.7 Å². The Bertz CT molecular complexity index is 268. The Labute approximate surface area is 72.0 Å². The molecule has 0 saturated heterocycles. The summed E-state index contributed by atoms with van der Waals surface area (Å²) in [6.07, 6.45) is 0. The van der Waals surface area contributed by atoms with Gasteiger partial charge in [0, 0.05) is 50.0 Å². The van der Waals surface area contributed by atoms with Crippen LogP contribution in [0.3, 0.4) is 0 Å². The molecular formula is C10H4O2. The first-order valence-corrected chi connectivity index (χ1v) is 3.06. The molecule has 1 aliphatic carbocycles. The third kappa shape index (κ3) is 1.04. The van der Waals surface area contributed by atoms with Crippen LogP contribution < -0.4 is 0 Å². The SMILES string of the molecule is [CH]C1=C([CH])C(=O)C([CH])=C([CH])C1=O. The first kappa shape index (κ1) is 8.91. The summed E-state index contributed by atoms with van der Waals surface area (Å²) in [6.45, 7) is 20.7. The maximum Gasteiger partial charge on any atom is 0.186 e. The van der Waals surface area contributed by atoms with Gasteiger partial charge < -0.3 is 0 Å². The van der Waals surface area contributed by atoms with Gasteiger partial charge in [0.15, 0.2) is 11.6 Å². The van der Waals surface area contributed by atoms with E-state index >= 15 is 0 Å². The van der Waals surface area contributed by atoms with Crippen LogP contribution in [0.1, 0.15) is 0 Å². The molecule has 0 aromatic carbocycles. The highest BCUT2D eigenvalue weighted by atomic mass is 16.1. The van der Waals surface area contributed by atoms with E-state index in [1.54, 1.807) is 0 Å². The number of rotatable bonds is 0. The number of ketones is 2. The molecular weight excluding hydrogens is 152 g/mol. The lowest BCUT2D eigenvalue weighted by atomic mass is 9.87. The van der Waals surface area contributed by atoms with Gasteiger partial charge in [0.2, 0.25) is 0 Å². The Balaban J connectivity index is 3.32. The molecule has 1 aliphatic rings. The average molecular weight is 156 g/mol. The van der Waals surface area contributed by atoms with Gasteiger partial charge in [0.1, 0.15) is 0 Å². The molecule has 0 heterocycles. The summed E-state index contributed by atoms with van der Waals surface area (Å²) < 4.78 is 0. The highest BCUT2D eigenvalue weighted by Gasteiger charge is 2.25.